The van der Waals surface area contributed by atoms with Gasteiger partial charge in [-0.1, -0.05) is 158 Å². The van der Waals surface area contributed by atoms with Crippen LogP contribution in [0.15, 0.2) is 194 Å². The molecule has 0 saturated heterocycles. The van der Waals surface area contributed by atoms with Crippen LogP contribution in [0.5, 0.6) is 0 Å². The normalized spacial score (nSPS) is 11.4. The molecule has 0 spiro atoms. The third kappa shape index (κ3) is 5.78. The van der Waals surface area contributed by atoms with Crippen molar-refractivity contribution in [3.05, 3.63) is 194 Å². The van der Waals surface area contributed by atoms with Gasteiger partial charge in [0.25, 0.3) is 0 Å². The van der Waals surface area contributed by atoms with Crippen LogP contribution >= 0.6 is 11.3 Å². The van der Waals surface area contributed by atoms with Crippen LogP contribution in [0.3, 0.4) is 0 Å². The Kier molecular flexibility index (Phi) is 7.71. The summed E-state index contributed by atoms with van der Waals surface area (Å²) in [5, 5.41) is 4.93. The highest BCUT2D eigenvalue weighted by atomic mass is 32.1. The molecule has 2 aromatic heterocycles. The van der Waals surface area contributed by atoms with Crippen LogP contribution in [-0.2, 0) is 0 Å². The highest BCUT2D eigenvalue weighted by Crippen LogP contribution is 2.42. The highest BCUT2D eigenvalue weighted by molar-refractivity contribution is 7.26. The Morgan fingerprint density at radius 3 is 1.72 bits per heavy atom. The van der Waals surface area contributed by atoms with Crippen molar-refractivity contribution in [1.29, 1.82) is 0 Å². The first-order valence-corrected chi connectivity index (χ1v) is 18.7. The van der Waals surface area contributed by atoms with Crippen molar-refractivity contribution in [2.45, 2.75) is 0 Å². The fraction of sp³-hybridized carbons (Fsp3) is 0. The monoisotopic (exact) mass is 692 g/mol. The lowest BCUT2D eigenvalue weighted by molar-refractivity contribution is 1.18. The van der Waals surface area contributed by atoms with E-state index in [-0.39, 0.29) is 0 Å². The molecular weight excluding hydrogens is 661 g/mol. The first-order valence-electron chi connectivity index (χ1n) is 17.9. The lowest BCUT2D eigenvalue weighted by Gasteiger charge is -2.15. The van der Waals surface area contributed by atoms with E-state index in [1.165, 1.54) is 47.6 Å². The summed E-state index contributed by atoms with van der Waals surface area (Å²) >= 11 is 1.86. The van der Waals surface area contributed by atoms with Gasteiger partial charge in [-0.25, -0.2) is 9.97 Å². The molecule has 0 N–H and O–H groups in total. The smallest absolute Gasteiger partial charge is 0.160 e. The lowest BCUT2D eigenvalue weighted by atomic mass is 9.92. The van der Waals surface area contributed by atoms with Gasteiger partial charge in [0.2, 0.25) is 0 Å². The SMILES string of the molecule is c1ccc(-c2cccc(-c3cc(-c4cc(-c5cccc6ccccc56)nc(-c5ccccc5)n4)cc(-c4cccc5c4sc4ccccc45)c3)c2)cc1. The molecule has 0 atom stereocenters. The minimum Gasteiger partial charge on any atom is -0.228 e. The van der Waals surface area contributed by atoms with E-state index in [4.69, 9.17) is 9.97 Å². The summed E-state index contributed by atoms with van der Waals surface area (Å²) in [5.74, 6) is 0.704. The molecule has 0 aliphatic carbocycles. The number of thiophene rings is 1. The van der Waals surface area contributed by atoms with Crippen molar-refractivity contribution in [3.63, 3.8) is 0 Å². The Morgan fingerprint density at radius 2 is 0.868 bits per heavy atom. The van der Waals surface area contributed by atoms with E-state index in [0.29, 0.717) is 5.82 Å². The lowest BCUT2D eigenvalue weighted by Crippen LogP contribution is -1.97. The zero-order valence-electron chi connectivity index (χ0n) is 28.8. The van der Waals surface area contributed by atoms with Gasteiger partial charge in [0.05, 0.1) is 11.4 Å². The maximum Gasteiger partial charge on any atom is 0.160 e. The van der Waals surface area contributed by atoms with Gasteiger partial charge in [0.15, 0.2) is 5.82 Å². The van der Waals surface area contributed by atoms with Gasteiger partial charge in [0.1, 0.15) is 0 Å². The Bertz CT molecular complexity index is 2940. The van der Waals surface area contributed by atoms with Crippen LogP contribution in [-0.4, -0.2) is 9.97 Å². The van der Waals surface area contributed by atoms with Crippen LogP contribution in [0.4, 0.5) is 0 Å². The number of aromatic nitrogens is 2. The first kappa shape index (κ1) is 31.1. The van der Waals surface area contributed by atoms with Gasteiger partial charge in [-0.3, -0.25) is 0 Å². The molecule has 3 heteroatoms. The maximum absolute atomic E-state index is 5.30. The number of hydrogen-bond donors (Lipinski definition) is 0. The fourth-order valence-corrected chi connectivity index (χ4v) is 8.72. The average molecular weight is 693 g/mol. The van der Waals surface area contributed by atoms with Gasteiger partial charge in [-0.2, -0.15) is 0 Å². The zero-order valence-corrected chi connectivity index (χ0v) is 29.6. The van der Waals surface area contributed by atoms with Crippen molar-refractivity contribution in [2.75, 3.05) is 0 Å². The standard InChI is InChI=1S/C50H32N2S/c1-3-14-33(15-4-1)36-20-11-21-37(28-36)38-29-39(42-24-13-26-45-44-23-9-10-27-48(44)53-49(42)45)31-40(30-38)46-32-47(52-50(51-46)35-17-5-2-6-18-35)43-25-12-19-34-16-7-8-22-41(34)43/h1-32H. The Labute approximate surface area is 312 Å². The second-order valence-electron chi connectivity index (χ2n) is 13.4. The van der Waals surface area contributed by atoms with E-state index < -0.39 is 0 Å². The summed E-state index contributed by atoms with van der Waals surface area (Å²) in [6.07, 6.45) is 0. The van der Waals surface area contributed by atoms with Crippen molar-refractivity contribution >= 4 is 42.3 Å². The number of fused-ring (bicyclic) bond motifs is 4. The predicted molar refractivity (Wildman–Crippen MR) is 225 cm³/mol. The van der Waals surface area contributed by atoms with Crippen molar-refractivity contribution < 1.29 is 0 Å². The third-order valence-electron chi connectivity index (χ3n) is 10.1. The Hall–Kier alpha value is -6.68. The quantitative estimate of drug-likeness (QED) is 0.173. The predicted octanol–water partition coefficient (Wildman–Crippen LogP) is 14.0. The minimum atomic E-state index is 0.704. The van der Waals surface area contributed by atoms with Crippen LogP contribution in [0.2, 0.25) is 0 Å². The molecule has 2 heterocycles. The summed E-state index contributed by atoms with van der Waals surface area (Å²) in [4.78, 5) is 10.5. The van der Waals surface area contributed by atoms with Crippen LogP contribution < -0.4 is 0 Å². The number of benzene rings is 8. The van der Waals surface area contributed by atoms with Gasteiger partial charge in [0, 0.05) is 36.9 Å². The second kappa shape index (κ2) is 13.1. The molecule has 0 amide bonds. The van der Waals surface area contributed by atoms with Crippen LogP contribution in [0.1, 0.15) is 0 Å². The van der Waals surface area contributed by atoms with E-state index in [9.17, 15) is 0 Å². The van der Waals surface area contributed by atoms with Crippen LogP contribution in [0.25, 0.3) is 98.2 Å². The summed E-state index contributed by atoms with van der Waals surface area (Å²) in [6.45, 7) is 0. The van der Waals surface area contributed by atoms with Gasteiger partial charge < -0.3 is 0 Å². The third-order valence-corrected chi connectivity index (χ3v) is 11.3. The van der Waals surface area contributed by atoms with Gasteiger partial charge in [-0.05, 0) is 80.6 Å². The van der Waals surface area contributed by atoms with E-state index in [2.05, 4.69) is 176 Å². The molecule has 248 valence electrons. The number of rotatable bonds is 6. The van der Waals surface area contributed by atoms with Gasteiger partial charge in [-0.15, -0.1) is 11.3 Å². The summed E-state index contributed by atoms with van der Waals surface area (Å²) < 4.78 is 2.59. The molecule has 2 nitrogen and oxygen atoms in total. The number of nitrogens with zero attached hydrogens (tertiary/aromatic N) is 2. The maximum atomic E-state index is 5.30. The van der Waals surface area contributed by atoms with E-state index in [1.807, 2.05) is 29.5 Å². The second-order valence-corrected chi connectivity index (χ2v) is 14.4. The Balaban J connectivity index is 1.23. The summed E-state index contributed by atoms with van der Waals surface area (Å²) in [7, 11) is 0. The van der Waals surface area contributed by atoms with E-state index in [1.54, 1.807) is 0 Å². The van der Waals surface area contributed by atoms with Crippen LogP contribution in [0, 0.1) is 0 Å². The average Bonchev–Trinajstić information content (AvgIpc) is 3.63. The van der Waals surface area contributed by atoms with Crippen molar-refractivity contribution in [2.24, 2.45) is 0 Å². The largest absolute Gasteiger partial charge is 0.228 e. The van der Waals surface area contributed by atoms with E-state index in [0.717, 1.165) is 44.8 Å². The molecule has 0 saturated carbocycles. The van der Waals surface area contributed by atoms with Crippen molar-refractivity contribution in [3.8, 4) is 67.3 Å². The molecule has 0 radical (unpaired) electrons. The number of hydrogen-bond acceptors (Lipinski definition) is 3. The van der Waals surface area contributed by atoms with Crippen molar-refractivity contribution in [1.82, 2.24) is 9.97 Å². The molecule has 0 bridgehead atoms. The van der Waals surface area contributed by atoms with E-state index >= 15 is 0 Å². The topological polar surface area (TPSA) is 25.8 Å². The molecule has 10 rings (SSSR count). The molecular formula is C50H32N2S. The highest BCUT2D eigenvalue weighted by Gasteiger charge is 2.17. The molecule has 8 aromatic carbocycles. The molecule has 0 fully saturated rings. The molecule has 0 aliphatic rings. The molecule has 0 aliphatic heterocycles. The summed E-state index contributed by atoms with van der Waals surface area (Å²) in [5.41, 5.74) is 12.0. The van der Waals surface area contributed by atoms with Gasteiger partial charge >= 0.3 is 0 Å². The molecule has 0 unspecified atom stereocenters. The Morgan fingerprint density at radius 1 is 0.321 bits per heavy atom. The first-order chi connectivity index (χ1) is 26.2. The molecule has 53 heavy (non-hydrogen) atoms. The zero-order chi connectivity index (χ0) is 35.1. The molecule has 10 aromatic rings. The fourth-order valence-electron chi connectivity index (χ4n) is 7.48. The summed E-state index contributed by atoms with van der Waals surface area (Å²) in [6, 6.07) is 69.3. The minimum absolute atomic E-state index is 0.704.